The number of nitrogens with two attached hydrogens (primary N) is 1. The lowest BCUT2D eigenvalue weighted by atomic mass is 9.86. The Labute approximate surface area is 202 Å². The first-order valence-electron chi connectivity index (χ1n) is 10.6. The van der Waals surface area contributed by atoms with Crippen LogP contribution in [0.5, 0.6) is 0 Å². The van der Waals surface area contributed by atoms with Gasteiger partial charge in [0.25, 0.3) is 11.6 Å². The minimum Gasteiger partial charge on any atom is -0.368 e. The molecular weight excluding hydrogens is 472 g/mol. The average Bonchev–Trinajstić information content (AvgIpc) is 3.56. The third-order valence-electron chi connectivity index (χ3n) is 6.38. The number of thiophene rings is 1. The number of hydrogen-bond acceptors (Lipinski definition) is 7. The van der Waals surface area contributed by atoms with Crippen LogP contribution in [-0.4, -0.2) is 39.5 Å². The van der Waals surface area contributed by atoms with Crippen molar-refractivity contribution in [2.45, 2.75) is 12.1 Å². The van der Waals surface area contributed by atoms with E-state index in [4.69, 9.17) is 5.73 Å². The maximum atomic E-state index is 13.7. The number of imide groups is 1. The van der Waals surface area contributed by atoms with Crippen LogP contribution in [0.15, 0.2) is 72.1 Å². The Hall–Kier alpha value is -4.38. The van der Waals surface area contributed by atoms with Crippen molar-refractivity contribution >= 4 is 46.3 Å². The second-order valence-corrected chi connectivity index (χ2v) is 9.18. The van der Waals surface area contributed by atoms with Crippen LogP contribution >= 0.6 is 11.3 Å². The van der Waals surface area contributed by atoms with Crippen molar-refractivity contribution in [3.63, 3.8) is 0 Å². The lowest BCUT2D eigenvalue weighted by Gasteiger charge is -2.32. The number of carbonyl (C=O) groups is 4. The molecule has 2 saturated heterocycles. The molecule has 11 heteroatoms. The molecule has 2 aliphatic rings. The van der Waals surface area contributed by atoms with E-state index in [0.29, 0.717) is 10.4 Å². The Morgan fingerprint density at radius 3 is 2.29 bits per heavy atom. The lowest BCUT2D eigenvalue weighted by molar-refractivity contribution is -0.384. The van der Waals surface area contributed by atoms with E-state index in [0.717, 1.165) is 11.0 Å². The van der Waals surface area contributed by atoms with Gasteiger partial charge in [0.2, 0.25) is 17.7 Å². The van der Waals surface area contributed by atoms with E-state index in [-0.39, 0.29) is 11.4 Å². The number of anilines is 1. The Kier molecular flexibility index (Phi) is 5.40. The molecule has 2 N–H and O–H groups in total. The Morgan fingerprint density at radius 2 is 1.66 bits per heavy atom. The number of benzene rings is 2. The summed E-state index contributed by atoms with van der Waals surface area (Å²) in [5.74, 6) is -5.12. The number of rotatable bonds is 5. The maximum Gasteiger partial charge on any atom is 0.271 e. The molecule has 35 heavy (non-hydrogen) atoms. The highest BCUT2D eigenvalue weighted by Crippen LogP contribution is 2.51. The fourth-order valence-electron chi connectivity index (χ4n) is 5.01. The normalized spacial score (nSPS) is 23.4. The zero-order valence-corrected chi connectivity index (χ0v) is 18.8. The monoisotopic (exact) mass is 490 g/mol. The molecule has 1 aromatic heterocycles. The molecule has 0 saturated carbocycles. The van der Waals surface area contributed by atoms with E-state index >= 15 is 0 Å². The molecule has 10 nitrogen and oxygen atoms in total. The summed E-state index contributed by atoms with van der Waals surface area (Å²) >= 11 is 1.17. The number of nitrogens with zero attached hydrogens (tertiary/aromatic N) is 3. The van der Waals surface area contributed by atoms with E-state index in [1.54, 1.807) is 47.8 Å². The highest BCUT2D eigenvalue weighted by molar-refractivity contribution is 7.12. The molecule has 5 rings (SSSR count). The fraction of sp³-hybridized carbons (Fsp3) is 0.167. The third-order valence-corrected chi connectivity index (χ3v) is 7.23. The second kappa shape index (κ2) is 8.44. The van der Waals surface area contributed by atoms with Gasteiger partial charge in [0.1, 0.15) is 6.04 Å². The van der Waals surface area contributed by atoms with Crippen LogP contribution in [0, 0.1) is 22.0 Å². The number of hydrogen-bond donors (Lipinski definition) is 1. The SMILES string of the molecule is NC(=O)C1C2C(=O)N(c3cccc([N+](=O)[O-])c3)C(=O)C2C(c2ccccc2)N1C(=O)c1cccs1. The summed E-state index contributed by atoms with van der Waals surface area (Å²) in [6, 6.07) is 14.8. The minimum absolute atomic E-state index is 0.0229. The van der Waals surface area contributed by atoms with E-state index in [2.05, 4.69) is 0 Å². The van der Waals surface area contributed by atoms with Gasteiger partial charge in [-0.2, -0.15) is 0 Å². The smallest absolute Gasteiger partial charge is 0.271 e. The maximum absolute atomic E-state index is 13.7. The number of fused-ring (bicyclic) bond motifs is 1. The molecule has 4 unspecified atom stereocenters. The second-order valence-electron chi connectivity index (χ2n) is 8.23. The standard InChI is InChI=1S/C24H18N4O6S/c25-21(29)20-18-17(23(31)26(24(18)32)14-8-4-9-15(12-14)28(33)34)19(13-6-2-1-3-7-13)27(20)22(30)16-10-5-11-35-16/h1-12,17-20H,(H2,25,29). The summed E-state index contributed by atoms with van der Waals surface area (Å²) in [4.78, 5) is 66.7. The predicted octanol–water partition coefficient (Wildman–Crippen LogP) is 2.51. The highest BCUT2D eigenvalue weighted by atomic mass is 32.1. The van der Waals surface area contributed by atoms with Gasteiger partial charge in [-0.05, 0) is 23.1 Å². The van der Waals surface area contributed by atoms with Crippen molar-refractivity contribution in [1.29, 1.82) is 0 Å². The van der Waals surface area contributed by atoms with Gasteiger partial charge in [-0.3, -0.25) is 29.3 Å². The van der Waals surface area contributed by atoms with E-state index < -0.39 is 52.5 Å². The summed E-state index contributed by atoms with van der Waals surface area (Å²) in [7, 11) is 0. The molecule has 3 aromatic rings. The van der Waals surface area contributed by atoms with Gasteiger partial charge >= 0.3 is 0 Å². The number of primary amides is 1. The van der Waals surface area contributed by atoms with Gasteiger partial charge in [0.15, 0.2) is 0 Å². The van der Waals surface area contributed by atoms with E-state index in [1.165, 1.54) is 34.4 Å². The zero-order chi connectivity index (χ0) is 24.9. The molecule has 2 aliphatic heterocycles. The molecule has 0 aliphatic carbocycles. The van der Waals surface area contributed by atoms with Gasteiger partial charge in [-0.25, -0.2) is 4.90 Å². The number of nitro groups is 1. The van der Waals surface area contributed by atoms with E-state index in [9.17, 15) is 29.3 Å². The molecule has 2 fully saturated rings. The summed E-state index contributed by atoms with van der Waals surface area (Å²) in [5, 5.41) is 13.0. The number of likely N-dealkylation sites (tertiary alicyclic amines) is 1. The van der Waals surface area contributed by atoms with Crippen molar-refractivity contribution in [1.82, 2.24) is 4.90 Å². The Balaban J connectivity index is 1.66. The van der Waals surface area contributed by atoms with Gasteiger partial charge in [0.05, 0.1) is 33.4 Å². The van der Waals surface area contributed by atoms with Crippen molar-refractivity contribution < 1.29 is 24.1 Å². The van der Waals surface area contributed by atoms with Crippen molar-refractivity contribution in [3.05, 3.63) is 92.7 Å². The summed E-state index contributed by atoms with van der Waals surface area (Å²) in [5.41, 5.74) is 6.03. The van der Waals surface area contributed by atoms with Crippen LogP contribution in [0.1, 0.15) is 21.3 Å². The van der Waals surface area contributed by atoms with Crippen molar-refractivity contribution in [2.75, 3.05) is 4.90 Å². The first-order chi connectivity index (χ1) is 16.8. The molecule has 0 radical (unpaired) electrons. The summed E-state index contributed by atoms with van der Waals surface area (Å²) in [6.07, 6.45) is 0. The van der Waals surface area contributed by atoms with Crippen LogP contribution in [0.4, 0.5) is 11.4 Å². The van der Waals surface area contributed by atoms with E-state index in [1.807, 2.05) is 0 Å². The molecule has 4 amide bonds. The van der Waals surface area contributed by atoms with Gasteiger partial charge in [-0.15, -0.1) is 11.3 Å². The Bertz CT molecular complexity index is 1360. The number of non-ortho nitro benzene ring substituents is 1. The quantitative estimate of drug-likeness (QED) is 0.331. The molecule has 4 atom stereocenters. The molecule has 0 bridgehead atoms. The third kappa shape index (κ3) is 3.48. The van der Waals surface area contributed by atoms with Gasteiger partial charge in [-0.1, -0.05) is 42.5 Å². The summed E-state index contributed by atoms with van der Waals surface area (Å²) in [6.45, 7) is 0. The predicted molar refractivity (Wildman–Crippen MR) is 125 cm³/mol. The lowest BCUT2D eigenvalue weighted by Crippen LogP contribution is -2.50. The van der Waals surface area contributed by atoms with Gasteiger partial charge in [0, 0.05) is 12.1 Å². The van der Waals surface area contributed by atoms with Crippen LogP contribution in [-0.2, 0) is 14.4 Å². The fourth-order valence-corrected chi connectivity index (χ4v) is 5.68. The van der Waals surface area contributed by atoms with Crippen LogP contribution in [0.2, 0.25) is 0 Å². The van der Waals surface area contributed by atoms with Crippen LogP contribution in [0.3, 0.4) is 0 Å². The highest BCUT2D eigenvalue weighted by Gasteiger charge is 2.65. The topological polar surface area (TPSA) is 144 Å². The number of amides is 4. The number of carbonyl (C=O) groups excluding carboxylic acids is 4. The summed E-state index contributed by atoms with van der Waals surface area (Å²) < 4.78 is 0. The first-order valence-corrected chi connectivity index (χ1v) is 11.5. The largest absolute Gasteiger partial charge is 0.368 e. The zero-order valence-electron chi connectivity index (χ0n) is 18.0. The minimum atomic E-state index is -1.38. The van der Waals surface area contributed by atoms with Crippen molar-refractivity contribution in [3.8, 4) is 0 Å². The van der Waals surface area contributed by atoms with Crippen molar-refractivity contribution in [2.24, 2.45) is 17.6 Å². The van der Waals surface area contributed by atoms with Crippen LogP contribution < -0.4 is 10.6 Å². The first kappa shape index (κ1) is 22.4. The Morgan fingerprint density at radius 1 is 0.943 bits per heavy atom. The molecule has 176 valence electrons. The molecule has 2 aromatic carbocycles. The van der Waals surface area contributed by atoms with Gasteiger partial charge < -0.3 is 10.6 Å². The molecule has 3 heterocycles. The average molecular weight is 490 g/mol. The molecular formula is C24H18N4O6S. The molecule has 0 spiro atoms. The van der Waals surface area contributed by atoms with Crippen LogP contribution in [0.25, 0.3) is 0 Å². The number of nitro benzene ring substituents is 1.